The van der Waals surface area contributed by atoms with Crippen LogP contribution in [-0.4, -0.2) is 55.8 Å². The summed E-state index contributed by atoms with van der Waals surface area (Å²) in [6.07, 6.45) is 2.93. The predicted molar refractivity (Wildman–Crippen MR) is 121 cm³/mol. The molecule has 0 bridgehead atoms. The average molecular weight is 470 g/mol. The number of fused-ring (bicyclic) bond motifs is 1. The number of carbonyl (C=O) groups excluding carboxylic acids is 2. The Morgan fingerprint density at radius 3 is 2.59 bits per heavy atom. The van der Waals surface area contributed by atoms with Gasteiger partial charge in [0, 0.05) is 30.0 Å². The third-order valence-electron chi connectivity index (χ3n) is 6.78. The monoisotopic (exact) mass is 469 g/mol. The van der Waals surface area contributed by atoms with Gasteiger partial charge in [0.2, 0.25) is 12.7 Å². The van der Waals surface area contributed by atoms with Crippen LogP contribution in [0.1, 0.15) is 36.0 Å². The van der Waals surface area contributed by atoms with Gasteiger partial charge in [-0.25, -0.2) is 4.39 Å². The Morgan fingerprint density at radius 2 is 1.76 bits per heavy atom. The Bertz CT molecular complexity index is 1040. The van der Waals surface area contributed by atoms with Crippen molar-refractivity contribution in [3.8, 4) is 17.2 Å². The number of Topliss-reactive ketones (excluding diaryl/α,β-unsaturated/α-hetero) is 1. The third-order valence-corrected chi connectivity index (χ3v) is 6.78. The molecule has 1 saturated heterocycles. The Balaban J connectivity index is 1.21. The number of ether oxygens (including phenoxy) is 4. The summed E-state index contributed by atoms with van der Waals surface area (Å²) in [4.78, 5) is 28.4. The number of halogens is 1. The molecule has 2 fully saturated rings. The van der Waals surface area contributed by atoms with Crippen LogP contribution in [0, 0.1) is 17.7 Å². The van der Waals surface area contributed by atoms with Gasteiger partial charge >= 0.3 is 0 Å². The van der Waals surface area contributed by atoms with E-state index in [4.69, 9.17) is 18.9 Å². The summed E-state index contributed by atoms with van der Waals surface area (Å²) in [6.45, 7) is 1.83. The first-order valence-electron chi connectivity index (χ1n) is 11.8. The zero-order valence-corrected chi connectivity index (χ0v) is 18.9. The van der Waals surface area contributed by atoms with E-state index in [0.29, 0.717) is 62.0 Å². The van der Waals surface area contributed by atoms with Crippen molar-refractivity contribution in [2.75, 3.05) is 33.1 Å². The highest BCUT2D eigenvalue weighted by Crippen LogP contribution is 2.36. The van der Waals surface area contributed by atoms with Crippen LogP contribution in [0.15, 0.2) is 42.5 Å². The topological polar surface area (TPSA) is 74.3 Å². The molecule has 0 spiro atoms. The van der Waals surface area contributed by atoms with E-state index in [1.165, 1.54) is 24.3 Å². The molecular formula is C26H28FNO6. The van der Waals surface area contributed by atoms with Gasteiger partial charge in [-0.15, -0.1) is 0 Å². The highest BCUT2D eigenvalue weighted by molar-refractivity contribution is 6.00. The van der Waals surface area contributed by atoms with E-state index in [9.17, 15) is 14.0 Å². The second-order valence-corrected chi connectivity index (χ2v) is 8.97. The van der Waals surface area contributed by atoms with E-state index in [0.717, 1.165) is 12.8 Å². The Hall–Kier alpha value is -3.13. The van der Waals surface area contributed by atoms with Gasteiger partial charge < -0.3 is 23.8 Å². The van der Waals surface area contributed by atoms with Crippen molar-refractivity contribution < 1.29 is 32.9 Å². The summed E-state index contributed by atoms with van der Waals surface area (Å²) in [5.74, 6) is 0.787. The highest BCUT2D eigenvalue weighted by Gasteiger charge is 2.39. The zero-order valence-electron chi connectivity index (χ0n) is 18.9. The molecule has 1 aliphatic carbocycles. The first-order valence-corrected chi connectivity index (χ1v) is 11.8. The number of rotatable bonds is 6. The van der Waals surface area contributed by atoms with Crippen LogP contribution in [-0.2, 0) is 9.53 Å². The molecule has 34 heavy (non-hydrogen) atoms. The van der Waals surface area contributed by atoms with Crippen molar-refractivity contribution in [2.24, 2.45) is 11.8 Å². The molecule has 2 aromatic rings. The largest absolute Gasteiger partial charge is 0.491 e. The molecule has 5 rings (SSSR count). The minimum absolute atomic E-state index is 0.00320. The smallest absolute Gasteiger partial charge is 0.231 e. The van der Waals surface area contributed by atoms with Crippen LogP contribution in [0.3, 0.4) is 0 Å². The number of hydrogen-bond donors (Lipinski definition) is 0. The van der Waals surface area contributed by atoms with Crippen molar-refractivity contribution in [3.63, 3.8) is 0 Å². The molecular weight excluding hydrogens is 441 g/mol. The fraction of sp³-hybridized carbons (Fsp3) is 0.462. The van der Waals surface area contributed by atoms with Crippen LogP contribution in [0.2, 0.25) is 0 Å². The van der Waals surface area contributed by atoms with E-state index in [-0.39, 0.29) is 42.2 Å². The van der Waals surface area contributed by atoms with Crippen molar-refractivity contribution in [1.82, 2.24) is 4.90 Å². The Morgan fingerprint density at radius 1 is 1.00 bits per heavy atom. The lowest BCUT2D eigenvalue weighted by molar-refractivity contribution is -0.146. The van der Waals surface area contributed by atoms with Gasteiger partial charge in [0.05, 0.1) is 13.2 Å². The van der Waals surface area contributed by atoms with Crippen molar-refractivity contribution in [3.05, 3.63) is 53.8 Å². The lowest BCUT2D eigenvalue weighted by Gasteiger charge is -2.38. The van der Waals surface area contributed by atoms with Crippen molar-refractivity contribution in [2.45, 2.75) is 31.8 Å². The van der Waals surface area contributed by atoms with Gasteiger partial charge in [-0.1, -0.05) is 12.8 Å². The lowest BCUT2D eigenvalue weighted by atomic mass is 9.74. The van der Waals surface area contributed by atoms with Crippen LogP contribution in [0.25, 0.3) is 0 Å². The molecule has 180 valence electrons. The predicted octanol–water partition coefficient (Wildman–Crippen LogP) is 3.85. The zero-order chi connectivity index (χ0) is 23.5. The molecule has 0 radical (unpaired) electrons. The quantitative estimate of drug-likeness (QED) is 0.599. The molecule has 2 aromatic carbocycles. The molecule has 2 aliphatic heterocycles. The summed E-state index contributed by atoms with van der Waals surface area (Å²) in [6, 6.07) is 11.0. The van der Waals surface area contributed by atoms with Gasteiger partial charge in [0.15, 0.2) is 17.3 Å². The summed E-state index contributed by atoms with van der Waals surface area (Å²) < 4.78 is 35.7. The molecule has 0 aromatic heterocycles. The van der Waals surface area contributed by atoms with E-state index in [1.54, 1.807) is 17.0 Å². The number of carbonyl (C=O) groups is 2. The normalized spacial score (nSPS) is 24.0. The molecule has 0 N–H and O–H groups in total. The molecule has 1 saturated carbocycles. The number of nitrogens with zero attached hydrogens (tertiary/aromatic N) is 1. The standard InChI is InChI=1S/C26H28FNO6/c27-18-7-5-17(6-8-18)25(29)21-3-1-2-4-22(21)26(30)28-11-12-31-20(14-28)15-32-19-9-10-23-24(13-19)34-16-33-23/h5-10,13,20-22H,1-4,11-12,14-16H2/t20?,21-,22-/m0/s1. The van der Waals surface area contributed by atoms with Gasteiger partial charge in [0.25, 0.3) is 0 Å². The van der Waals surface area contributed by atoms with Gasteiger partial charge in [-0.05, 0) is 49.2 Å². The number of ketones is 1. The van der Waals surface area contributed by atoms with Crippen LogP contribution < -0.4 is 14.2 Å². The van der Waals surface area contributed by atoms with Crippen LogP contribution in [0.5, 0.6) is 17.2 Å². The van der Waals surface area contributed by atoms with E-state index < -0.39 is 0 Å². The molecule has 7 nitrogen and oxygen atoms in total. The highest BCUT2D eigenvalue weighted by atomic mass is 19.1. The van der Waals surface area contributed by atoms with Crippen molar-refractivity contribution >= 4 is 11.7 Å². The van der Waals surface area contributed by atoms with Gasteiger partial charge in [0.1, 0.15) is 24.3 Å². The minimum Gasteiger partial charge on any atom is -0.491 e. The summed E-state index contributed by atoms with van der Waals surface area (Å²) in [5, 5.41) is 0. The van der Waals surface area contributed by atoms with E-state index >= 15 is 0 Å². The molecule has 3 aliphatic rings. The maximum absolute atomic E-state index is 13.5. The molecule has 3 atom stereocenters. The second-order valence-electron chi connectivity index (χ2n) is 8.97. The number of hydrogen-bond acceptors (Lipinski definition) is 6. The molecule has 2 heterocycles. The summed E-state index contributed by atoms with van der Waals surface area (Å²) >= 11 is 0. The summed E-state index contributed by atoms with van der Waals surface area (Å²) in [7, 11) is 0. The van der Waals surface area contributed by atoms with Gasteiger partial charge in [-0.2, -0.15) is 0 Å². The first kappa shape index (κ1) is 22.7. The number of amides is 1. The Labute approximate surface area is 197 Å². The fourth-order valence-electron chi connectivity index (χ4n) is 4.98. The minimum atomic E-state index is -0.379. The maximum Gasteiger partial charge on any atom is 0.231 e. The first-order chi connectivity index (χ1) is 16.6. The number of benzene rings is 2. The average Bonchev–Trinajstić information content (AvgIpc) is 3.35. The van der Waals surface area contributed by atoms with Crippen LogP contribution >= 0.6 is 0 Å². The van der Waals surface area contributed by atoms with Gasteiger partial charge in [-0.3, -0.25) is 9.59 Å². The van der Waals surface area contributed by atoms with Crippen LogP contribution in [0.4, 0.5) is 4.39 Å². The van der Waals surface area contributed by atoms with E-state index in [2.05, 4.69) is 0 Å². The third kappa shape index (κ3) is 4.87. The van der Waals surface area contributed by atoms with E-state index in [1.807, 2.05) is 6.07 Å². The summed E-state index contributed by atoms with van der Waals surface area (Å²) in [5.41, 5.74) is 0.461. The fourth-order valence-corrected chi connectivity index (χ4v) is 4.98. The SMILES string of the molecule is O=C(c1ccc(F)cc1)[C@H]1CCCC[C@@H]1C(=O)N1CCOC(COc2ccc3c(c2)OCO3)C1. The second kappa shape index (κ2) is 10.0. The number of morpholine rings is 1. The molecule has 1 unspecified atom stereocenters. The Kier molecular flexibility index (Phi) is 6.67. The molecule has 8 heteroatoms. The maximum atomic E-state index is 13.5. The lowest BCUT2D eigenvalue weighted by Crippen LogP contribution is -2.51. The molecule has 1 amide bonds. The van der Waals surface area contributed by atoms with Crippen molar-refractivity contribution in [1.29, 1.82) is 0 Å².